The highest BCUT2D eigenvalue weighted by molar-refractivity contribution is 5.94. The number of carbonyl (C=O) groups is 1. The maximum absolute atomic E-state index is 13.2. The molecule has 168 valence electrons. The Balaban J connectivity index is 1.41. The van der Waals surface area contributed by atoms with E-state index < -0.39 is 0 Å². The second-order valence-corrected chi connectivity index (χ2v) is 8.17. The van der Waals surface area contributed by atoms with Gasteiger partial charge in [-0.2, -0.15) is 5.26 Å². The van der Waals surface area contributed by atoms with Gasteiger partial charge < -0.3 is 15.1 Å². The fourth-order valence-corrected chi connectivity index (χ4v) is 4.17. The molecule has 0 aromatic heterocycles. The van der Waals surface area contributed by atoms with Crippen LogP contribution in [0.5, 0.6) is 0 Å². The molecule has 1 N–H and O–H groups in total. The number of carbonyl (C=O) groups excluding carboxylic acids is 1. The van der Waals surface area contributed by atoms with Crippen LogP contribution in [0.3, 0.4) is 0 Å². The molecule has 0 aliphatic carbocycles. The summed E-state index contributed by atoms with van der Waals surface area (Å²) < 4.78 is 13.2. The second kappa shape index (κ2) is 10.2. The largest absolute Gasteiger partial charge is 0.368 e. The van der Waals surface area contributed by atoms with Crippen LogP contribution in [0, 0.1) is 17.1 Å². The van der Waals surface area contributed by atoms with Crippen LogP contribution in [0.4, 0.5) is 15.8 Å². The third-order valence-electron chi connectivity index (χ3n) is 6.10. The summed E-state index contributed by atoms with van der Waals surface area (Å²) in [6.45, 7) is 5.62. The average Bonchev–Trinajstić information content (AvgIpc) is 2.88. The van der Waals surface area contributed by atoms with Gasteiger partial charge in [-0.3, -0.25) is 4.79 Å². The van der Waals surface area contributed by atoms with E-state index in [2.05, 4.69) is 33.3 Å². The van der Waals surface area contributed by atoms with E-state index in [9.17, 15) is 9.18 Å². The predicted molar refractivity (Wildman–Crippen MR) is 129 cm³/mol. The SMILES string of the molecule is CCC(NC(=O)c1ccc(F)cc1)c1cccc(N2CCN(c3ccc(C#N)cc3)CC2)c1. The van der Waals surface area contributed by atoms with Crippen LogP contribution < -0.4 is 15.1 Å². The van der Waals surface area contributed by atoms with Crippen LogP contribution >= 0.6 is 0 Å². The molecule has 1 atom stereocenters. The lowest BCUT2D eigenvalue weighted by atomic mass is 10.0. The van der Waals surface area contributed by atoms with Crippen molar-refractivity contribution in [3.05, 3.63) is 95.3 Å². The number of amides is 1. The van der Waals surface area contributed by atoms with Gasteiger partial charge in [-0.25, -0.2) is 4.39 Å². The summed E-state index contributed by atoms with van der Waals surface area (Å²) in [6.07, 6.45) is 0.753. The second-order valence-electron chi connectivity index (χ2n) is 8.17. The fraction of sp³-hybridized carbons (Fsp3) is 0.259. The van der Waals surface area contributed by atoms with Crippen molar-refractivity contribution in [1.82, 2.24) is 5.32 Å². The Labute approximate surface area is 194 Å². The quantitative estimate of drug-likeness (QED) is 0.590. The van der Waals surface area contributed by atoms with E-state index in [4.69, 9.17) is 5.26 Å². The van der Waals surface area contributed by atoms with Crippen molar-refractivity contribution < 1.29 is 9.18 Å². The maximum Gasteiger partial charge on any atom is 0.251 e. The van der Waals surface area contributed by atoms with Gasteiger partial charge in [0.25, 0.3) is 5.91 Å². The van der Waals surface area contributed by atoms with Gasteiger partial charge in [-0.1, -0.05) is 19.1 Å². The molecule has 33 heavy (non-hydrogen) atoms. The molecule has 1 aliphatic heterocycles. The Morgan fingerprint density at radius 2 is 1.61 bits per heavy atom. The van der Waals surface area contributed by atoms with Crippen molar-refractivity contribution in [2.75, 3.05) is 36.0 Å². The standard InChI is InChI=1S/C27H27FN4O/c1-2-26(30-27(33)21-8-10-23(28)11-9-21)22-4-3-5-25(18-22)32-16-14-31(15-17-32)24-12-6-20(19-29)7-13-24/h3-13,18,26H,2,14-17H2,1H3,(H,30,33). The summed E-state index contributed by atoms with van der Waals surface area (Å²) in [6, 6.07) is 23.7. The Morgan fingerprint density at radius 1 is 0.970 bits per heavy atom. The van der Waals surface area contributed by atoms with Gasteiger partial charge in [0.1, 0.15) is 5.82 Å². The van der Waals surface area contributed by atoms with Gasteiger partial charge in [0.15, 0.2) is 0 Å². The van der Waals surface area contributed by atoms with E-state index in [0.29, 0.717) is 11.1 Å². The zero-order valence-corrected chi connectivity index (χ0v) is 18.7. The first kappa shape index (κ1) is 22.3. The molecule has 1 fully saturated rings. The van der Waals surface area contributed by atoms with Crippen LogP contribution in [0.25, 0.3) is 0 Å². The molecule has 1 amide bonds. The summed E-state index contributed by atoms with van der Waals surface area (Å²) in [4.78, 5) is 17.3. The molecule has 3 aromatic rings. The Morgan fingerprint density at radius 3 is 2.21 bits per heavy atom. The highest BCUT2D eigenvalue weighted by Crippen LogP contribution is 2.25. The van der Waals surface area contributed by atoms with Crippen molar-refractivity contribution in [2.24, 2.45) is 0 Å². The van der Waals surface area contributed by atoms with Gasteiger partial charge in [0.05, 0.1) is 17.7 Å². The van der Waals surface area contributed by atoms with Gasteiger partial charge in [0.2, 0.25) is 0 Å². The summed E-state index contributed by atoms with van der Waals surface area (Å²) in [5.41, 5.74) is 4.45. The molecule has 6 heteroatoms. The van der Waals surface area contributed by atoms with Gasteiger partial charge >= 0.3 is 0 Å². The molecule has 0 bridgehead atoms. The molecule has 0 saturated carbocycles. The molecule has 3 aromatic carbocycles. The minimum Gasteiger partial charge on any atom is -0.368 e. The fourth-order valence-electron chi connectivity index (χ4n) is 4.17. The molecule has 0 radical (unpaired) electrons. The van der Waals surface area contributed by atoms with Crippen LogP contribution in [0.1, 0.15) is 40.9 Å². The van der Waals surface area contributed by atoms with Crippen molar-refractivity contribution in [3.63, 3.8) is 0 Å². The first-order valence-corrected chi connectivity index (χ1v) is 11.2. The lowest BCUT2D eigenvalue weighted by Gasteiger charge is -2.37. The van der Waals surface area contributed by atoms with E-state index in [1.165, 1.54) is 24.3 Å². The molecular weight excluding hydrogens is 415 g/mol. The molecule has 1 saturated heterocycles. The van der Waals surface area contributed by atoms with Gasteiger partial charge in [-0.05, 0) is 72.6 Å². The smallest absolute Gasteiger partial charge is 0.251 e. The zero-order chi connectivity index (χ0) is 23.2. The first-order valence-electron chi connectivity index (χ1n) is 11.2. The molecule has 1 unspecified atom stereocenters. The molecular formula is C27H27FN4O. The topological polar surface area (TPSA) is 59.4 Å². The highest BCUT2D eigenvalue weighted by atomic mass is 19.1. The normalized spacial score (nSPS) is 14.5. The van der Waals surface area contributed by atoms with Crippen LogP contribution in [-0.2, 0) is 0 Å². The summed E-state index contributed by atoms with van der Waals surface area (Å²) in [5.74, 6) is -0.561. The highest BCUT2D eigenvalue weighted by Gasteiger charge is 2.20. The van der Waals surface area contributed by atoms with Crippen molar-refractivity contribution in [1.29, 1.82) is 5.26 Å². The minimum absolute atomic E-state index is 0.123. The Kier molecular flexibility index (Phi) is 6.89. The number of piperazine rings is 1. The lowest BCUT2D eigenvalue weighted by Crippen LogP contribution is -2.46. The molecule has 1 heterocycles. The summed E-state index contributed by atoms with van der Waals surface area (Å²) in [7, 11) is 0. The van der Waals surface area contributed by atoms with Crippen molar-refractivity contribution in [3.8, 4) is 6.07 Å². The maximum atomic E-state index is 13.2. The van der Waals surface area contributed by atoms with Gasteiger partial charge in [-0.15, -0.1) is 0 Å². The number of rotatable bonds is 6. The monoisotopic (exact) mass is 442 g/mol. The average molecular weight is 443 g/mol. The van der Waals surface area contributed by atoms with Crippen LogP contribution in [0.2, 0.25) is 0 Å². The van der Waals surface area contributed by atoms with Crippen molar-refractivity contribution >= 4 is 17.3 Å². The van der Waals surface area contributed by atoms with E-state index in [1.807, 2.05) is 43.3 Å². The minimum atomic E-state index is -0.356. The number of hydrogen-bond donors (Lipinski definition) is 1. The van der Waals surface area contributed by atoms with Gasteiger partial charge in [0, 0.05) is 43.1 Å². The van der Waals surface area contributed by atoms with E-state index in [-0.39, 0.29) is 17.8 Å². The zero-order valence-electron chi connectivity index (χ0n) is 18.7. The van der Waals surface area contributed by atoms with E-state index in [1.54, 1.807) is 0 Å². The summed E-state index contributed by atoms with van der Waals surface area (Å²) >= 11 is 0. The number of hydrogen-bond acceptors (Lipinski definition) is 4. The number of benzene rings is 3. The van der Waals surface area contributed by atoms with Crippen LogP contribution in [0.15, 0.2) is 72.8 Å². The molecule has 4 rings (SSSR count). The van der Waals surface area contributed by atoms with Crippen LogP contribution in [-0.4, -0.2) is 32.1 Å². The number of anilines is 2. The lowest BCUT2D eigenvalue weighted by molar-refractivity contribution is 0.0935. The molecule has 1 aliphatic rings. The predicted octanol–water partition coefficient (Wildman–Crippen LogP) is 4.91. The first-order chi connectivity index (χ1) is 16.1. The molecule has 0 spiro atoms. The third-order valence-corrected chi connectivity index (χ3v) is 6.10. The number of halogens is 1. The number of nitriles is 1. The Bertz CT molecular complexity index is 1130. The summed E-state index contributed by atoms with van der Waals surface area (Å²) in [5, 5.41) is 12.1. The Hall–Kier alpha value is -3.85. The van der Waals surface area contributed by atoms with E-state index in [0.717, 1.165) is 49.5 Å². The third kappa shape index (κ3) is 5.32. The number of nitrogens with one attached hydrogen (secondary N) is 1. The van der Waals surface area contributed by atoms with Crippen molar-refractivity contribution in [2.45, 2.75) is 19.4 Å². The number of nitrogens with zero attached hydrogens (tertiary/aromatic N) is 3. The van der Waals surface area contributed by atoms with E-state index >= 15 is 0 Å². The molecule has 5 nitrogen and oxygen atoms in total.